The van der Waals surface area contributed by atoms with Crippen molar-refractivity contribution in [1.82, 2.24) is 9.80 Å². The summed E-state index contributed by atoms with van der Waals surface area (Å²) < 4.78 is 0. The van der Waals surface area contributed by atoms with E-state index in [-0.39, 0.29) is 0 Å². The fraction of sp³-hybridized carbons (Fsp3) is 0.571. The first-order chi connectivity index (χ1) is 7.75. The molecule has 0 aromatic heterocycles. The Kier molecular flexibility index (Phi) is 3.97. The lowest BCUT2D eigenvalue weighted by molar-refractivity contribution is 0.215. The zero-order valence-electron chi connectivity index (χ0n) is 10.4. The largest absolute Gasteiger partial charge is 0.302 e. The third-order valence-electron chi connectivity index (χ3n) is 3.49. The highest BCUT2D eigenvalue weighted by Gasteiger charge is 2.21. The first kappa shape index (κ1) is 11.6. The molecule has 1 heterocycles. The van der Waals surface area contributed by atoms with Gasteiger partial charge in [0.2, 0.25) is 0 Å². The summed E-state index contributed by atoms with van der Waals surface area (Å²) in [5.74, 6) is 0. The third-order valence-corrected chi connectivity index (χ3v) is 3.49. The number of rotatable bonds is 4. The standard InChI is InChI=1S/C14H22N2/c1-15(11-13-7-4-3-5-8-13)12-14-9-6-10-16(14)2/h3-5,7-8,14H,6,9-12H2,1-2H3. The Hall–Kier alpha value is -0.860. The molecule has 1 saturated heterocycles. The smallest absolute Gasteiger partial charge is 0.0231 e. The fourth-order valence-electron chi connectivity index (χ4n) is 2.53. The number of likely N-dealkylation sites (tertiary alicyclic amines) is 1. The van der Waals surface area contributed by atoms with Gasteiger partial charge in [0.25, 0.3) is 0 Å². The van der Waals surface area contributed by atoms with Crippen LogP contribution in [0.15, 0.2) is 30.3 Å². The Labute approximate surface area is 98.9 Å². The molecule has 0 aliphatic carbocycles. The molecule has 0 bridgehead atoms. The molecular formula is C14H22N2. The average Bonchev–Trinajstić information content (AvgIpc) is 2.66. The molecule has 1 unspecified atom stereocenters. The van der Waals surface area contributed by atoms with Gasteiger partial charge in [-0.25, -0.2) is 0 Å². The predicted octanol–water partition coefficient (Wildman–Crippen LogP) is 2.21. The van der Waals surface area contributed by atoms with Crippen LogP contribution in [0.2, 0.25) is 0 Å². The van der Waals surface area contributed by atoms with Gasteiger partial charge in [-0.05, 0) is 39.0 Å². The van der Waals surface area contributed by atoms with Crippen molar-refractivity contribution in [3.05, 3.63) is 35.9 Å². The number of hydrogen-bond donors (Lipinski definition) is 0. The van der Waals surface area contributed by atoms with Gasteiger partial charge in [0, 0.05) is 19.1 Å². The summed E-state index contributed by atoms with van der Waals surface area (Å²) in [6, 6.07) is 11.5. The van der Waals surface area contributed by atoms with E-state index in [1.54, 1.807) is 0 Å². The fourth-order valence-corrected chi connectivity index (χ4v) is 2.53. The molecule has 1 aromatic carbocycles. The van der Waals surface area contributed by atoms with Crippen LogP contribution in [0.4, 0.5) is 0 Å². The quantitative estimate of drug-likeness (QED) is 0.764. The SMILES string of the molecule is CN(Cc1ccccc1)CC1CCCN1C. The maximum Gasteiger partial charge on any atom is 0.0231 e. The Bertz CT molecular complexity index is 310. The Morgan fingerprint density at radius 2 is 2.06 bits per heavy atom. The Morgan fingerprint density at radius 1 is 1.31 bits per heavy atom. The van der Waals surface area contributed by atoms with Gasteiger partial charge in [-0.3, -0.25) is 0 Å². The lowest BCUT2D eigenvalue weighted by Gasteiger charge is -2.25. The van der Waals surface area contributed by atoms with Gasteiger partial charge in [0.1, 0.15) is 0 Å². The van der Waals surface area contributed by atoms with Crippen LogP contribution in [-0.4, -0.2) is 43.0 Å². The van der Waals surface area contributed by atoms with Gasteiger partial charge < -0.3 is 9.80 Å². The summed E-state index contributed by atoms with van der Waals surface area (Å²) in [6.45, 7) is 3.51. The third kappa shape index (κ3) is 3.06. The van der Waals surface area contributed by atoms with E-state index in [2.05, 4.69) is 54.2 Å². The average molecular weight is 218 g/mol. The highest BCUT2D eigenvalue weighted by atomic mass is 15.2. The van der Waals surface area contributed by atoms with Gasteiger partial charge in [0.15, 0.2) is 0 Å². The van der Waals surface area contributed by atoms with Crippen molar-refractivity contribution in [2.24, 2.45) is 0 Å². The van der Waals surface area contributed by atoms with Gasteiger partial charge >= 0.3 is 0 Å². The first-order valence-corrected chi connectivity index (χ1v) is 6.18. The van der Waals surface area contributed by atoms with E-state index in [0.717, 1.165) is 12.6 Å². The minimum Gasteiger partial charge on any atom is -0.302 e. The molecule has 0 N–H and O–H groups in total. The van der Waals surface area contributed by atoms with Gasteiger partial charge in [0.05, 0.1) is 0 Å². The molecule has 0 amide bonds. The summed E-state index contributed by atoms with van der Waals surface area (Å²) in [4.78, 5) is 4.92. The Morgan fingerprint density at radius 3 is 2.69 bits per heavy atom. The number of nitrogens with zero attached hydrogens (tertiary/aromatic N) is 2. The van der Waals surface area contributed by atoms with Crippen LogP contribution in [0.25, 0.3) is 0 Å². The number of benzene rings is 1. The van der Waals surface area contributed by atoms with Crippen LogP contribution >= 0.6 is 0 Å². The minimum absolute atomic E-state index is 0.758. The van der Waals surface area contributed by atoms with E-state index in [1.165, 1.54) is 31.5 Å². The summed E-state index contributed by atoms with van der Waals surface area (Å²) >= 11 is 0. The van der Waals surface area contributed by atoms with Crippen molar-refractivity contribution in [3.63, 3.8) is 0 Å². The van der Waals surface area contributed by atoms with Crippen molar-refractivity contribution in [3.8, 4) is 0 Å². The zero-order chi connectivity index (χ0) is 11.4. The lowest BCUT2D eigenvalue weighted by Crippen LogP contribution is -2.36. The second kappa shape index (κ2) is 5.46. The van der Waals surface area contributed by atoms with Crippen LogP contribution in [0.3, 0.4) is 0 Å². The lowest BCUT2D eigenvalue weighted by atomic mass is 10.2. The number of hydrogen-bond acceptors (Lipinski definition) is 2. The molecule has 0 radical (unpaired) electrons. The predicted molar refractivity (Wildman–Crippen MR) is 68.4 cm³/mol. The van der Waals surface area contributed by atoms with E-state index in [1.807, 2.05) is 0 Å². The van der Waals surface area contributed by atoms with Crippen molar-refractivity contribution in [1.29, 1.82) is 0 Å². The normalized spacial score (nSPS) is 21.8. The summed E-state index contributed by atoms with van der Waals surface area (Å²) in [6.07, 6.45) is 2.72. The molecule has 0 saturated carbocycles. The zero-order valence-corrected chi connectivity index (χ0v) is 10.4. The summed E-state index contributed by atoms with van der Waals surface area (Å²) in [5.41, 5.74) is 1.41. The molecular weight excluding hydrogens is 196 g/mol. The molecule has 1 aliphatic heterocycles. The molecule has 0 spiro atoms. The Balaban J connectivity index is 1.82. The van der Waals surface area contributed by atoms with Crippen LogP contribution in [0.5, 0.6) is 0 Å². The number of likely N-dealkylation sites (N-methyl/N-ethyl adjacent to an activating group) is 2. The van der Waals surface area contributed by atoms with Gasteiger partial charge in [-0.15, -0.1) is 0 Å². The summed E-state index contributed by atoms with van der Waals surface area (Å²) in [5, 5.41) is 0. The van der Waals surface area contributed by atoms with E-state index in [9.17, 15) is 0 Å². The minimum atomic E-state index is 0.758. The summed E-state index contributed by atoms with van der Waals surface area (Å²) in [7, 11) is 4.47. The molecule has 1 atom stereocenters. The van der Waals surface area contributed by atoms with Crippen molar-refractivity contribution >= 4 is 0 Å². The monoisotopic (exact) mass is 218 g/mol. The van der Waals surface area contributed by atoms with Crippen LogP contribution in [-0.2, 0) is 6.54 Å². The highest BCUT2D eigenvalue weighted by molar-refractivity contribution is 5.14. The van der Waals surface area contributed by atoms with Crippen molar-refractivity contribution < 1.29 is 0 Å². The van der Waals surface area contributed by atoms with E-state index >= 15 is 0 Å². The molecule has 1 aliphatic rings. The molecule has 2 nitrogen and oxygen atoms in total. The van der Waals surface area contributed by atoms with Crippen LogP contribution in [0.1, 0.15) is 18.4 Å². The van der Waals surface area contributed by atoms with Gasteiger partial charge in [-0.1, -0.05) is 30.3 Å². The van der Waals surface area contributed by atoms with E-state index in [0.29, 0.717) is 0 Å². The molecule has 16 heavy (non-hydrogen) atoms. The second-order valence-electron chi connectivity index (χ2n) is 4.96. The highest BCUT2D eigenvalue weighted by Crippen LogP contribution is 2.16. The first-order valence-electron chi connectivity index (χ1n) is 6.18. The maximum atomic E-state index is 2.49. The second-order valence-corrected chi connectivity index (χ2v) is 4.96. The molecule has 2 rings (SSSR count). The topological polar surface area (TPSA) is 6.48 Å². The molecule has 2 heteroatoms. The van der Waals surface area contributed by atoms with Crippen molar-refractivity contribution in [2.45, 2.75) is 25.4 Å². The molecule has 1 aromatic rings. The van der Waals surface area contributed by atoms with Gasteiger partial charge in [-0.2, -0.15) is 0 Å². The van der Waals surface area contributed by atoms with E-state index in [4.69, 9.17) is 0 Å². The molecule has 88 valence electrons. The van der Waals surface area contributed by atoms with Crippen LogP contribution in [0, 0.1) is 0 Å². The van der Waals surface area contributed by atoms with E-state index < -0.39 is 0 Å². The van der Waals surface area contributed by atoms with Crippen molar-refractivity contribution in [2.75, 3.05) is 27.2 Å². The molecule has 1 fully saturated rings. The van der Waals surface area contributed by atoms with Crippen LogP contribution < -0.4 is 0 Å². The maximum absolute atomic E-state index is 2.49.